The zero-order valence-corrected chi connectivity index (χ0v) is 10.8. The third kappa shape index (κ3) is 2.90. The Morgan fingerprint density at radius 2 is 1.83 bits per heavy atom. The van der Waals surface area contributed by atoms with Gasteiger partial charge in [-0.1, -0.05) is 25.1 Å². The zero-order valence-electron chi connectivity index (χ0n) is 10.8. The average molecular weight is 242 g/mol. The van der Waals surface area contributed by atoms with Crippen molar-refractivity contribution in [3.63, 3.8) is 0 Å². The van der Waals surface area contributed by atoms with Crippen molar-refractivity contribution in [1.29, 1.82) is 0 Å². The maximum absolute atomic E-state index is 9.13. The van der Waals surface area contributed by atoms with E-state index >= 15 is 0 Å². The van der Waals surface area contributed by atoms with Crippen LogP contribution in [0, 0.1) is 6.92 Å². The van der Waals surface area contributed by atoms with Crippen molar-refractivity contribution in [2.45, 2.75) is 26.9 Å². The van der Waals surface area contributed by atoms with Gasteiger partial charge in [-0.15, -0.1) is 0 Å². The van der Waals surface area contributed by atoms with Gasteiger partial charge in [-0.2, -0.15) is 0 Å². The lowest BCUT2D eigenvalue weighted by Crippen LogP contribution is -1.91. The Bertz CT molecular complexity index is 532. The molecule has 2 heteroatoms. The summed E-state index contributed by atoms with van der Waals surface area (Å²) < 4.78 is 5.82. The normalized spacial score (nSPS) is 10.4. The molecule has 2 nitrogen and oxygen atoms in total. The summed E-state index contributed by atoms with van der Waals surface area (Å²) in [4.78, 5) is 0. The number of hydrogen-bond acceptors (Lipinski definition) is 2. The van der Waals surface area contributed by atoms with Crippen LogP contribution in [-0.2, 0) is 13.0 Å². The lowest BCUT2D eigenvalue weighted by molar-refractivity contribution is 0.281. The molecule has 0 aromatic heterocycles. The molecular formula is C16H18O2. The van der Waals surface area contributed by atoms with Gasteiger partial charge in [-0.25, -0.2) is 0 Å². The molecule has 0 radical (unpaired) electrons. The van der Waals surface area contributed by atoms with Gasteiger partial charge in [-0.05, 0) is 54.3 Å². The van der Waals surface area contributed by atoms with Crippen molar-refractivity contribution in [3.05, 3.63) is 59.2 Å². The molecule has 94 valence electrons. The Kier molecular flexibility index (Phi) is 4.00. The van der Waals surface area contributed by atoms with Crippen molar-refractivity contribution in [2.24, 2.45) is 0 Å². The number of benzene rings is 2. The second kappa shape index (κ2) is 5.69. The molecule has 2 aromatic carbocycles. The Morgan fingerprint density at radius 3 is 2.50 bits per heavy atom. The van der Waals surface area contributed by atoms with E-state index in [9.17, 15) is 0 Å². The number of ether oxygens (including phenoxy) is 1. The molecule has 0 saturated heterocycles. The molecule has 1 N–H and O–H groups in total. The summed E-state index contributed by atoms with van der Waals surface area (Å²) in [5, 5.41) is 9.13. The van der Waals surface area contributed by atoms with Gasteiger partial charge >= 0.3 is 0 Å². The van der Waals surface area contributed by atoms with E-state index in [4.69, 9.17) is 9.84 Å². The van der Waals surface area contributed by atoms with Crippen LogP contribution < -0.4 is 4.74 Å². The van der Waals surface area contributed by atoms with E-state index in [1.54, 1.807) is 0 Å². The summed E-state index contributed by atoms with van der Waals surface area (Å²) in [6.07, 6.45) is 1.000. The average Bonchev–Trinajstić information content (AvgIpc) is 2.39. The largest absolute Gasteiger partial charge is 0.457 e. The summed E-state index contributed by atoms with van der Waals surface area (Å²) in [6, 6.07) is 13.8. The quantitative estimate of drug-likeness (QED) is 0.882. The molecule has 0 heterocycles. The summed E-state index contributed by atoms with van der Waals surface area (Å²) in [5.74, 6) is 1.66. The summed E-state index contributed by atoms with van der Waals surface area (Å²) in [6.45, 7) is 4.16. The minimum Gasteiger partial charge on any atom is -0.457 e. The van der Waals surface area contributed by atoms with Crippen LogP contribution >= 0.6 is 0 Å². The molecule has 0 bridgehead atoms. The van der Waals surface area contributed by atoms with Gasteiger partial charge in [0.15, 0.2) is 0 Å². The van der Waals surface area contributed by atoms with Gasteiger partial charge in [0.1, 0.15) is 11.5 Å². The summed E-state index contributed by atoms with van der Waals surface area (Å²) in [7, 11) is 0. The number of aryl methyl sites for hydroxylation is 2. The Hall–Kier alpha value is -1.80. The molecule has 0 aliphatic carbocycles. The molecular weight excluding hydrogens is 224 g/mol. The van der Waals surface area contributed by atoms with E-state index < -0.39 is 0 Å². The number of aliphatic hydroxyl groups excluding tert-OH is 1. The highest BCUT2D eigenvalue weighted by molar-refractivity contribution is 5.38. The first-order valence-electron chi connectivity index (χ1n) is 6.20. The van der Waals surface area contributed by atoms with E-state index in [0.717, 1.165) is 29.0 Å². The van der Waals surface area contributed by atoms with Crippen LogP contribution in [0.15, 0.2) is 42.5 Å². The third-order valence-corrected chi connectivity index (χ3v) is 3.03. The zero-order chi connectivity index (χ0) is 13.0. The lowest BCUT2D eigenvalue weighted by atomic mass is 10.1. The van der Waals surface area contributed by atoms with Gasteiger partial charge in [0.2, 0.25) is 0 Å². The highest BCUT2D eigenvalue weighted by Gasteiger charge is 2.02. The fourth-order valence-electron chi connectivity index (χ4n) is 1.87. The van der Waals surface area contributed by atoms with Crippen molar-refractivity contribution in [2.75, 3.05) is 0 Å². The molecule has 2 rings (SSSR count). The standard InChI is InChI=1S/C16H18O2/c1-3-13-5-4-6-15(10-13)18-16-8-7-14(11-17)12(2)9-16/h4-10,17H,3,11H2,1-2H3. The molecule has 0 aliphatic rings. The Morgan fingerprint density at radius 1 is 1.06 bits per heavy atom. The van der Waals surface area contributed by atoms with Crippen LogP contribution in [0.3, 0.4) is 0 Å². The molecule has 2 aromatic rings. The maximum atomic E-state index is 9.13. The fraction of sp³-hybridized carbons (Fsp3) is 0.250. The molecule has 0 amide bonds. The lowest BCUT2D eigenvalue weighted by Gasteiger charge is -2.09. The summed E-state index contributed by atoms with van der Waals surface area (Å²) in [5.41, 5.74) is 3.24. The van der Waals surface area contributed by atoms with Crippen LogP contribution in [0.1, 0.15) is 23.6 Å². The second-order valence-corrected chi connectivity index (χ2v) is 4.35. The Balaban J connectivity index is 2.20. The molecule has 0 aliphatic heterocycles. The van der Waals surface area contributed by atoms with Crippen molar-refractivity contribution < 1.29 is 9.84 Å². The maximum Gasteiger partial charge on any atom is 0.127 e. The second-order valence-electron chi connectivity index (χ2n) is 4.35. The van der Waals surface area contributed by atoms with E-state index in [-0.39, 0.29) is 6.61 Å². The van der Waals surface area contributed by atoms with Crippen molar-refractivity contribution >= 4 is 0 Å². The SMILES string of the molecule is CCc1cccc(Oc2ccc(CO)c(C)c2)c1. The first-order chi connectivity index (χ1) is 8.72. The molecule has 0 unspecified atom stereocenters. The van der Waals surface area contributed by atoms with Crippen molar-refractivity contribution in [3.8, 4) is 11.5 Å². The van der Waals surface area contributed by atoms with Crippen LogP contribution in [0.2, 0.25) is 0 Å². The molecule has 0 spiro atoms. The van der Waals surface area contributed by atoms with Gasteiger partial charge in [0.05, 0.1) is 6.61 Å². The topological polar surface area (TPSA) is 29.5 Å². The first-order valence-corrected chi connectivity index (χ1v) is 6.20. The van der Waals surface area contributed by atoms with Gasteiger partial charge in [0.25, 0.3) is 0 Å². The Labute approximate surface area is 108 Å². The van der Waals surface area contributed by atoms with E-state index in [1.807, 2.05) is 37.3 Å². The predicted octanol–water partition coefficient (Wildman–Crippen LogP) is 3.84. The van der Waals surface area contributed by atoms with Crippen LogP contribution in [0.5, 0.6) is 11.5 Å². The number of rotatable bonds is 4. The molecule has 0 atom stereocenters. The molecule has 18 heavy (non-hydrogen) atoms. The first kappa shape index (κ1) is 12.7. The third-order valence-electron chi connectivity index (χ3n) is 3.03. The minimum atomic E-state index is 0.0669. The van der Waals surface area contributed by atoms with Gasteiger partial charge < -0.3 is 9.84 Å². The van der Waals surface area contributed by atoms with E-state index in [1.165, 1.54) is 5.56 Å². The van der Waals surface area contributed by atoms with E-state index in [0.29, 0.717) is 0 Å². The van der Waals surface area contributed by atoms with Gasteiger partial charge in [-0.3, -0.25) is 0 Å². The summed E-state index contributed by atoms with van der Waals surface area (Å²) >= 11 is 0. The smallest absolute Gasteiger partial charge is 0.127 e. The van der Waals surface area contributed by atoms with Crippen LogP contribution in [0.4, 0.5) is 0 Å². The molecule has 0 fully saturated rings. The highest BCUT2D eigenvalue weighted by atomic mass is 16.5. The number of aliphatic hydroxyl groups is 1. The van der Waals surface area contributed by atoms with E-state index in [2.05, 4.69) is 19.1 Å². The predicted molar refractivity (Wildman–Crippen MR) is 73.0 cm³/mol. The number of hydrogen-bond donors (Lipinski definition) is 1. The van der Waals surface area contributed by atoms with Gasteiger partial charge in [0, 0.05) is 0 Å². The fourth-order valence-corrected chi connectivity index (χ4v) is 1.87. The minimum absolute atomic E-state index is 0.0669. The molecule has 0 saturated carbocycles. The monoisotopic (exact) mass is 242 g/mol. The van der Waals surface area contributed by atoms with Crippen LogP contribution in [0.25, 0.3) is 0 Å². The van der Waals surface area contributed by atoms with Crippen LogP contribution in [-0.4, -0.2) is 5.11 Å². The van der Waals surface area contributed by atoms with Crippen molar-refractivity contribution in [1.82, 2.24) is 0 Å². The highest BCUT2D eigenvalue weighted by Crippen LogP contribution is 2.24.